The van der Waals surface area contributed by atoms with Crippen molar-refractivity contribution in [3.8, 4) is 0 Å². The molecule has 1 amide bonds. The molecule has 0 aliphatic carbocycles. The van der Waals surface area contributed by atoms with Crippen molar-refractivity contribution in [2.24, 2.45) is 0 Å². The van der Waals surface area contributed by atoms with E-state index in [9.17, 15) is 9.59 Å². The fourth-order valence-electron chi connectivity index (χ4n) is 1.40. The molecule has 0 atom stereocenters. The standard InChI is InChI=1S/C13H13N3O3S/c1-8-7-20-13(15-8)16-11(17)6-19-12(18)9-2-4-10(14)5-3-9/h2-5,7H,6,14H2,1H3,(H,15,16,17). The molecule has 2 rings (SSSR count). The van der Waals surface area contributed by atoms with Crippen LogP contribution in [0.2, 0.25) is 0 Å². The zero-order valence-electron chi connectivity index (χ0n) is 10.8. The van der Waals surface area contributed by atoms with Crippen molar-refractivity contribution >= 4 is 34.0 Å². The maximum atomic E-state index is 11.7. The van der Waals surface area contributed by atoms with Crippen LogP contribution in [0.5, 0.6) is 0 Å². The fraction of sp³-hybridized carbons (Fsp3) is 0.154. The molecule has 2 aromatic rings. The molecule has 0 fully saturated rings. The van der Waals surface area contributed by atoms with E-state index in [1.165, 1.54) is 11.3 Å². The third kappa shape index (κ3) is 3.79. The fourth-order valence-corrected chi connectivity index (χ4v) is 2.10. The summed E-state index contributed by atoms with van der Waals surface area (Å²) in [5.74, 6) is -1.00. The highest BCUT2D eigenvalue weighted by atomic mass is 32.1. The summed E-state index contributed by atoms with van der Waals surface area (Å²) in [5.41, 5.74) is 7.24. The van der Waals surface area contributed by atoms with Crippen LogP contribution >= 0.6 is 11.3 Å². The number of carbonyl (C=O) groups is 2. The van der Waals surface area contributed by atoms with E-state index in [-0.39, 0.29) is 6.61 Å². The lowest BCUT2D eigenvalue weighted by atomic mass is 10.2. The van der Waals surface area contributed by atoms with E-state index in [0.717, 1.165) is 5.69 Å². The van der Waals surface area contributed by atoms with Gasteiger partial charge in [-0.3, -0.25) is 10.1 Å². The Balaban J connectivity index is 1.84. The maximum absolute atomic E-state index is 11.7. The SMILES string of the molecule is Cc1csc(NC(=O)COC(=O)c2ccc(N)cc2)n1. The number of carbonyl (C=O) groups excluding carboxylic acids is 2. The van der Waals surface area contributed by atoms with Gasteiger partial charge < -0.3 is 10.5 Å². The number of rotatable bonds is 4. The van der Waals surface area contributed by atoms with Crippen molar-refractivity contribution in [1.82, 2.24) is 4.98 Å². The molecule has 1 aromatic heterocycles. The van der Waals surface area contributed by atoms with Crippen LogP contribution in [0, 0.1) is 6.92 Å². The number of anilines is 2. The van der Waals surface area contributed by atoms with Gasteiger partial charge in [-0.05, 0) is 31.2 Å². The second kappa shape index (κ2) is 6.16. The van der Waals surface area contributed by atoms with E-state index in [4.69, 9.17) is 10.5 Å². The number of amides is 1. The van der Waals surface area contributed by atoms with E-state index in [2.05, 4.69) is 10.3 Å². The average Bonchev–Trinajstić information content (AvgIpc) is 2.82. The van der Waals surface area contributed by atoms with Crippen LogP contribution in [0.15, 0.2) is 29.6 Å². The third-order valence-corrected chi connectivity index (χ3v) is 3.22. The number of nitrogens with two attached hydrogens (primary N) is 1. The molecule has 104 valence electrons. The van der Waals surface area contributed by atoms with Crippen molar-refractivity contribution in [2.45, 2.75) is 6.92 Å². The van der Waals surface area contributed by atoms with E-state index in [0.29, 0.717) is 16.4 Å². The highest BCUT2D eigenvalue weighted by molar-refractivity contribution is 7.13. The number of nitrogen functional groups attached to an aromatic ring is 1. The van der Waals surface area contributed by atoms with Crippen molar-refractivity contribution in [3.05, 3.63) is 40.9 Å². The first-order chi connectivity index (χ1) is 9.54. The molecule has 0 aliphatic heterocycles. The summed E-state index contributed by atoms with van der Waals surface area (Å²) >= 11 is 1.31. The topological polar surface area (TPSA) is 94.3 Å². The van der Waals surface area contributed by atoms with Gasteiger partial charge in [-0.25, -0.2) is 9.78 Å². The summed E-state index contributed by atoms with van der Waals surface area (Å²) < 4.78 is 4.89. The summed E-state index contributed by atoms with van der Waals surface area (Å²) in [4.78, 5) is 27.3. The smallest absolute Gasteiger partial charge is 0.338 e. The number of nitrogens with zero attached hydrogens (tertiary/aromatic N) is 1. The zero-order chi connectivity index (χ0) is 14.5. The van der Waals surface area contributed by atoms with Crippen LogP contribution < -0.4 is 11.1 Å². The van der Waals surface area contributed by atoms with Gasteiger partial charge in [0.2, 0.25) is 0 Å². The van der Waals surface area contributed by atoms with E-state index in [1.807, 2.05) is 12.3 Å². The Morgan fingerprint density at radius 1 is 1.35 bits per heavy atom. The number of thiazole rings is 1. The second-order valence-corrected chi connectivity index (χ2v) is 4.90. The number of aryl methyl sites for hydroxylation is 1. The summed E-state index contributed by atoms with van der Waals surface area (Å²) in [6.45, 7) is 1.47. The lowest BCUT2D eigenvalue weighted by Crippen LogP contribution is -2.20. The predicted molar refractivity (Wildman–Crippen MR) is 76.6 cm³/mol. The molecule has 20 heavy (non-hydrogen) atoms. The molecular formula is C13H13N3O3S. The van der Waals surface area contributed by atoms with E-state index >= 15 is 0 Å². The Bertz CT molecular complexity index is 622. The Labute approximate surface area is 119 Å². The minimum absolute atomic E-state index is 0.345. The van der Waals surface area contributed by atoms with Crippen LogP contribution in [-0.2, 0) is 9.53 Å². The molecule has 3 N–H and O–H groups in total. The highest BCUT2D eigenvalue weighted by Gasteiger charge is 2.11. The quantitative estimate of drug-likeness (QED) is 0.662. The number of ether oxygens (including phenoxy) is 1. The lowest BCUT2D eigenvalue weighted by molar-refractivity contribution is -0.119. The number of hydrogen-bond acceptors (Lipinski definition) is 6. The summed E-state index contributed by atoms with van der Waals surface area (Å²) in [6.07, 6.45) is 0. The van der Waals surface area contributed by atoms with Gasteiger partial charge in [0, 0.05) is 11.1 Å². The van der Waals surface area contributed by atoms with Gasteiger partial charge in [0.1, 0.15) is 0 Å². The molecule has 0 bridgehead atoms. The van der Waals surface area contributed by atoms with Gasteiger partial charge in [-0.1, -0.05) is 0 Å². The Morgan fingerprint density at radius 2 is 2.05 bits per heavy atom. The molecule has 0 radical (unpaired) electrons. The molecule has 0 saturated carbocycles. The van der Waals surface area contributed by atoms with Crippen LogP contribution in [0.1, 0.15) is 16.1 Å². The first-order valence-corrected chi connectivity index (χ1v) is 6.67. The first-order valence-electron chi connectivity index (χ1n) is 5.79. The van der Waals surface area contributed by atoms with Gasteiger partial charge in [0.15, 0.2) is 11.7 Å². The predicted octanol–water partition coefficient (Wildman–Crippen LogP) is 1.83. The first kappa shape index (κ1) is 14.0. The van der Waals surface area contributed by atoms with Crippen LogP contribution in [0.25, 0.3) is 0 Å². The van der Waals surface area contributed by atoms with Gasteiger partial charge in [-0.15, -0.1) is 11.3 Å². The van der Waals surface area contributed by atoms with Gasteiger partial charge in [0.05, 0.1) is 11.3 Å². The van der Waals surface area contributed by atoms with E-state index in [1.54, 1.807) is 24.3 Å². The Morgan fingerprint density at radius 3 is 2.65 bits per heavy atom. The second-order valence-electron chi connectivity index (χ2n) is 4.04. The molecule has 1 heterocycles. The number of nitrogens with one attached hydrogen (secondary N) is 1. The molecule has 0 saturated heterocycles. The van der Waals surface area contributed by atoms with Crippen molar-refractivity contribution < 1.29 is 14.3 Å². The maximum Gasteiger partial charge on any atom is 0.338 e. The summed E-state index contributed by atoms with van der Waals surface area (Å²) in [7, 11) is 0. The van der Waals surface area contributed by atoms with Gasteiger partial charge >= 0.3 is 5.97 Å². The molecule has 1 aromatic carbocycles. The number of aromatic nitrogens is 1. The zero-order valence-corrected chi connectivity index (χ0v) is 11.6. The molecule has 7 heteroatoms. The lowest BCUT2D eigenvalue weighted by Gasteiger charge is -2.04. The minimum atomic E-state index is -0.574. The number of benzene rings is 1. The van der Waals surface area contributed by atoms with Gasteiger partial charge in [0.25, 0.3) is 5.91 Å². The summed E-state index contributed by atoms with van der Waals surface area (Å²) in [6, 6.07) is 6.27. The van der Waals surface area contributed by atoms with Crippen LogP contribution in [0.4, 0.5) is 10.8 Å². The minimum Gasteiger partial charge on any atom is -0.452 e. The summed E-state index contributed by atoms with van der Waals surface area (Å²) in [5, 5.41) is 4.85. The Kier molecular flexibility index (Phi) is 4.31. The number of hydrogen-bond donors (Lipinski definition) is 2. The van der Waals surface area contributed by atoms with E-state index < -0.39 is 11.9 Å². The molecule has 6 nitrogen and oxygen atoms in total. The molecule has 0 aliphatic rings. The molecule has 0 unspecified atom stereocenters. The van der Waals surface area contributed by atoms with Crippen LogP contribution in [0.3, 0.4) is 0 Å². The third-order valence-electron chi connectivity index (χ3n) is 2.35. The van der Waals surface area contributed by atoms with Crippen molar-refractivity contribution in [3.63, 3.8) is 0 Å². The average molecular weight is 291 g/mol. The molecule has 0 spiro atoms. The van der Waals surface area contributed by atoms with Crippen LogP contribution in [-0.4, -0.2) is 23.5 Å². The molecular weight excluding hydrogens is 278 g/mol. The van der Waals surface area contributed by atoms with Crippen molar-refractivity contribution in [1.29, 1.82) is 0 Å². The van der Waals surface area contributed by atoms with Gasteiger partial charge in [-0.2, -0.15) is 0 Å². The highest BCUT2D eigenvalue weighted by Crippen LogP contribution is 2.14. The normalized spacial score (nSPS) is 10.1. The monoisotopic (exact) mass is 291 g/mol. The largest absolute Gasteiger partial charge is 0.452 e. The van der Waals surface area contributed by atoms with Crippen molar-refractivity contribution in [2.75, 3.05) is 17.7 Å². The number of esters is 1. The Hall–Kier alpha value is -2.41.